The van der Waals surface area contributed by atoms with E-state index in [1.54, 1.807) is 0 Å². The van der Waals surface area contributed by atoms with Crippen molar-refractivity contribution >= 4 is 17.8 Å². The minimum absolute atomic E-state index is 0.0887. The summed E-state index contributed by atoms with van der Waals surface area (Å²) in [6.45, 7) is 0. The number of methoxy groups -OCH3 is 2. The Hall–Kier alpha value is -2.88. The summed E-state index contributed by atoms with van der Waals surface area (Å²) < 4.78 is 46.5. The quantitative estimate of drug-likeness (QED) is 0.542. The van der Waals surface area contributed by atoms with Crippen LogP contribution >= 0.6 is 0 Å². The number of benzene rings is 1. The van der Waals surface area contributed by atoms with Gasteiger partial charge < -0.3 is 19.9 Å². The molecule has 0 radical (unpaired) electrons. The molecule has 0 spiro atoms. The molecule has 0 saturated carbocycles. The number of ether oxygens (including phenoxy) is 2. The number of nitrogens with one attached hydrogen (secondary N) is 1. The maximum atomic E-state index is 12.5. The summed E-state index contributed by atoms with van der Waals surface area (Å²) in [5.41, 5.74) is -1.02. The van der Waals surface area contributed by atoms with Crippen molar-refractivity contribution in [3.8, 4) is 0 Å². The lowest BCUT2D eigenvalue weighted by atomic mass is 10.1. The van der Waals surface area contributed by atoms with Gasteiger partial charge in [-0.25, -0.2) is 9.59 Å². The lowest BCUT2D eigenvalue weighted by molar-refractivity contribution is -0.146. The number of amides is 1. The molecule has 0 fully saturated rings. The van der Waals surface area contributed by atoms with Crippen molar-refractivity contribution in [3.05, 3.63) is 47.5 Å². The van der Waals surface area contributed by atoms with Crippen molar-refractivity contribution in [2.24, 2.45) is 0 Å². The minimum atomic E-state index is -4.55. The van der Waals surface area contributed by atoms with Gasteiger partial charge >= 0.3 is 18.1 Å². The van der Waals surface area contributed by atoms with E-state index in [1.165, 1.54) is 6.08 Å². The highest BCUT2D eigenvalue weighted by Gasteiger charge is 2.31. The first-order chi connectivity index (χ1) is 12.6. The summed E-state index contributed by atoms with van der Waals surface area (Å²) in [7, 11) is 2.24. The van der Waals surface area contributed by atoms with E-state index in [9.17, 15) is 32.7 Å². The van der Waals surface area contributed by atoms with Crippen molar-refractivity contribution in [2.75, 3.05) is 14.2 Å². The second kappa shape index (κ2) is 9.72. The number of aliphatic hydroxyl groups excluding tert-OH is 1. The second-order valence-corrected chi connectivity index (χ2v) is 5.27. The number of halogens is 3. The largest absolute Gasteiger partial charge is 0.467 e. The van der Waals surface area contributed by atoms with E-state index in [-0.39, 0.29) is 12.0 Å². The zero-order chi connectivity index (χ0) is 20.6. The van der Waals surface area contributed by atoms with Crippen molar-refractivity contribution in [1.29, 1.82) is 0 Å². The van der Waals surface area contributed by atoms with Gasteiger partial charge in [0.25, 0.3) is 5.91 Å². The average molecular weight is 389 g/mol. The maximum Gasteiger partial charge on any atom is 0.416 e. The average Bonchev–Trinajstić information content (AvgIpc) is 2.64. The number of hydrogen-bond acceptors (Lipinski definition) is 6. The van der Waals surface area contributed by atoms with Crippen molar-refractivity contribution in [1.82, 2.24) is 5.32 Å². The Kier molecular flexibility index (Phi) is 7.98. The van der Waals surface area contributed by atoms with Gasteiger partial charge in [0.1, 0.15) is 6.04 Å². The van der Waals surface area contributed by atoms with Crippen molar-refractivity contribution in [3.63, 3.8) is 0 Å². The zero-order valence-electron chi connectivity index (χ0n) is 14.4. The van der Waals surface area contributed by atoms with E-state index >= 15 is 0 Å². The lowest BCUT2D eigenvalue weighted by Gasteiger charge is -2.18. The first-order valence-electron chi connectivity index (χ1n) is 7.58. The Morgan fingerprint density at radius 3 is 2.22 bits per heavy atom. The lowest BCUT2D eigenvalue weighted by Crippen LogP contribution is -2.43. The van der Waals surface area contributed by atoms with Crippen LogP contribution in [0.15, 0.2) is 36.4 Å². The molecule has 0 heterocycles. The molecule has 10 heteroatoms. The molecule has 1 rings (SSSR count). The van der Waals surface area contributed by atoms with Gasteiger partial charge in [-0.05, 0) is 24.1 Å². The van der Waals surface area contributed by atoms with Crippen LogP contribution in [-0.2, 0) is 30.0 Å². The van der Waals surface area contributed by atoms with Crippen LogP contribution in [0.5, 0.6) is 0 Å². The van der Waals surface area contributed by atoms with Gasteiger partial charge in [0, 0.05) is 6.08 Å². The Balaban J connectivity index is 2.83. The van der Waals surface area contributed by atoms with Gasteiger partial charge in [0.15, 0.2) is 6.10 Å². The molecule has 2 N–H and O–H groups in total. The summed E-state index contributed by atoms with van der Waals surface area (Å²) in [4.78, 5) is 34.8. The predicted octanol–water partition coefficient (Wildman–Crippen LogP) is 1.52. The van der Waals surface area contributed by atoms with Gasteiger partial charge in [0.2, 0.25) is 0 Å². The molecule has 0 aliphatic heterocycles. The fourth-order valence-electron chi connectivity index (χ4n) is 1.98. The third-order valence-corrected chi connectivity index (χ3v) is 3.43. The zero-order valence-corrected chi connectivity index (χ0v) is 14.4. The molecule has 0 aliphatic rings. The molecule has 7 nitrogen and oxygen atoms in total. The fourth-order valence-corrected chi connectivity index (χ4v) is 1.98. The van der Waals surface area contributed by atoms with Crippen LogP contribution in [0.25, 0.3) is 0 Å². The van der Waals surface area contributed by atoms with E-state index in [0.29, 0.717) is 0 Å². The van der Waals surface area contributed by atoms with E-state index in [1.807, 2.05) is 0 Å². The van der Waals surface area contributed by atoms with Gasteiger partial charge in [-0.1, -0.05) is 18.2 Å². The highest BCUT2D eigenvalue weighted by atomic mass is 19.4. The molecule has 1 aromatic carbocycles. The van der Waals surface area contributed by atoms with Crippen LogP contribution < -0.4 is 5.32 Å². The topological polar surface area (TPSA) is 102 Å². The molecule has 1 amide bonds. The maximum absolute atomic E-state index is 12.5. The normalized spacial score (nSPS) is 13.7. The summed E-state index contributed by atoms with van der Waals surface area (Å²) in [5.74, 6) is -2.52. The van der Waals surface area contributed by atoms with Crippen molar-refractivity contribution < 1.29 is 42.1 Å². The van der Waals surface area contributed by atoms with Gasteiger partial charge in [-0.2, -0.15) is 13.2 Å². The molecule has 2 atom stereocenters. The number of esters is 2. The Labute approximate surface area is 152 Å². The highest BCUT2D eigenvalue weighted by molar-refractivity contribution is 5.88. The Morgan fingerprint density at radius 2 is 1.74 bits per heavy atom. The molecule has 0 aliphatic carbocycles. The third kappa shape index (κ3) is 6.74. The van der Waals surface area contributed by atoms with E-state index in [4.69, 9.17) is 0 Å². The smallest absolute Gasteiger partial charge is 0.416 e. The molecular weight excluding hydrogens is 371 g/mol. The number of aliphatic hydroxyl groups is 1. The monoisotopic (exact) mass is 389 g/mol. The highest BCUT2D eigenvalue weighted by Crippen LogP contribution is 2.29. The molecule has 27 heavy (non-hydrogen) atoms. The number of carbonyl (C=O) groups excluding carboxylic acids is 3. The first kappa shape index (κ1) is 22.2. The third-order valence-electron chi connectivity index (χ3n) is 3.43. The predicted molar refractivity (Wildman–Crippen MR) is 86.1 cm³/mol. The Bertz CT molecular complexity index is 700. The van der Waals surface area contributed by atoms with Crippen LogP contribution in [-0.4, -0.2) is 43.2 Å². The Morgan fingerprint density at radius 1 is 1.15 bits per heavy atom. The van der Waals surface area contributed by atoms with Gasteiger partial charge in [0.05, 0.1) is 19.8 Å². The van der Waals surface area contributed by atoms with Crippen LogP contribution in [0.4, 0.5) is 13.2 Å². The molecule has 0 saturated heterocycles. The van der Waals surface area contributed by atoms with Gasteiger partial charge in [-0.3, -0.25) is 4.79 Å². The molecule has 0 bridgehead atoms. The second-order valence-electron chi connectivity index (χ2n) is 5.27. The summed E-state index contributed by atoms with van der Waals surface area (Å²) in [6, 6.07) is 2.15. The van der Waals surface area contributed by atoms with Crippen molar-refractivity contribution in [2.45, 2.75) is 24.7 Å². The first-order valence-corrected chi connectivity index (χ1v) is 7.58. The van der Waals surface area contributed by atoms with Crippen LogP contribution in [0.2, 0.25) is 0 Å². The number of carbonyl (C=O) groups is 3. The standard InChI is InChI=1S/C17H18F3NO6/c1-26-13(22)5-3-4-12(16(25)27-2)21-15(24)14(23)10-6-8-11(9-7-10)17(18,19)20/h3,5-9,12,14,23H,4H2,1-2H3,(H,21,24)/b5-3+/t12-,14-/m0/s1. The number of alkyl halides is 3. The summed E-state index contributed by atoms with van der Waals surface area (Å²) in [5, 5.41) is 12.2. The fraction of sp³-hybridized carbons (Fsp3) is 0.353. The molecule has 0 aromatic heterocycles. The summed E-state index contributed by atoms with van der Waals surface area (Å²) in [6.07, 6.45) is -4.18. The summed E-state index contributed by atoms with van der Waals surface area (Å²) >= 11 is 0. The van der Waals surface area contributed by atoms with Crippen LogP contribution in [0.3, 0.4) is 0 Å². The van der Waals surface area contributed by atoms with Crippen LogP contribution in [0.1, 0.15) is 23.7 Å². The van der Waals surface area contributed by atoms with Crippen LogP contribution in [0, 0.1) is 0 Å². The number of rotatable bonds is 7. The minimum Gasteiger partial charge on any atom is -0.467 e. The molecule has 1 aromatic rings. The number of hydrogen-bond donors (Lipinski definition) is 2. The van der Waals surface area contributed by atoms with E-state index < -0.39 is 41.7 Å². The molecule has 148 valence electrons. The van der Waals surface area contributed by atoms with Gasteiger partial charge in [-0.15, -0.1) is 0 Å². The van der Waals surface area contributed by atoms with E-state index in [0.717, 1.165) is 44.6 Å². The SMILES string of the molecule is COC(=O)/C=C/C[C@H](NC(=O)[C@@H](O)c1ccc(C(F)(F)F)cc1)C(=O)OC. The molecular formula is C17H18F3NO6. The molecule has 0 unspecified atom stereocenters. The van der Waals surface area contributed by atoms with E-state index in [2.05, 4.69) is 14.8 Å².